The third kappa shape index (κ3) is 4.93. The maximum Gasteiger partial charge on any atom is 0.119 e. The minimum Gasteiger partial charge on any atom is -0.491 e. The SMILES string of the molecule is COC1CCN(CC(O)COc2ccc(C(N)=S)cc2)C1. The number of rotatable bonds is 7. The van der Waals surface area contributed by atoms with E-state index in [1.54, 1.807) is 19.2 Å². The van der Waals surface area contributed by atoms with Gasteiger partial charge in [0.1, 0.15) is 23.4 Å². The van der Waals surface area contributed by atoms with Crippen molar-refractivity contribution >= 4 is 17.2 Å². The first kappa shape index (κ1) is 16.2. The molecule has 0 aromatic heterocycles. The normalized spacial score (nSPS) is 20.4. The molecule has 2 unspecified atom stereocenters. The Labute approximate surface area is 130 Å². The third-order valence-electron chi connectivity index (χ3n) is 3.61. The minimum absolute atomic E-state index is 0.264. The Bertz CT molecular complexity index is 466. The summed E-state index contributed by atoms with van der Waals surface area (Å²) in [5, 5.41) is 10.0. The zero-order chi connectivity index (χ0) is 15.2. The average Bonchev–Trinajstić information content (AvgIpc) is 2.93. The topological polar surface area (TPSA) is 68.0 Å². The van der Waals surface area contributed by atoms with Gasteiger partial charge in [-0.05, 0) is 30.7 Å². The van der Waals surface area contributed by atoms with E-state index in [-0.39, 0.29) is 12.7 Å². The molecule has 5 nitrogen and oxygen atoms in total. The van der Waals surface area contributed by atoms with Gasteiger partial charge in [-0.1, -0.05) is 12.2 Å². The lowest BCUT2D eigenvalue weighted by molar-refractivity contribution is 0.0642. The number of benzene rings is 1. The van der Waals surface area contributed by atoms with Crippen molar-refractivity contribution < 1.29 is 14.6 Å². The van der Waals surface area contributed by atoms with Crippen LogP contribution in [0.4, 0.5) is 0 Å². The quantitative estimate of drug-likeness (QED) is 0.726. The van der Waals surface area contributed by atoms with Crippen LogP contribution in [0, 0.1) is 0 Å². The first-order valence-corrected chi connectivity index (χ1v) is 7.45. The Balaban J connectivity index is 1.73. The molecule has 1 aliphatic heterocycles. The van der Waals surface area contributed by atoms with E-state index in [0.29, 0.717) is 17.3 Å². The van der Waals surface area contributed by atoms with Gasteiger partial charge in [0, 0.05) is 32.3 Å². The van der Waals surface area contributed by atoms with Crippen LogP contribution in [-0.2, 0) is 4.74 Å². The van der Waals surface area contributed by atoms with Crippen molar-refractivity contribution in [2.45, 2.75) is 18.6 Å². The fourth-order valence-electron chi connectivity index (χ4n) is 2.41. The first-order chi connectivity index (χ1) is 10.1. The molecule has 0 radical (unpaired) electrons. The summed E-state index contributed by atoms with van der Waals surface area (Å²) < 4.78 is 10.9. The van der Waals surface area contributed by atoms with Gasteiger partial charge in [-0.25, -0.2) is 0 Å². The largest absolute Gasteiger partial charge is 0.491 e. The highest BCUT2D eigenvalue weighted by molar-refractivity contribution is 7.80. The van der Waals surface area contributed by atoms with Crippen molar-refractivity contribution in [3.8, 4) is 5.75 Å². The Morgan fingerprint density at radius 2 is 2.19 bits per heavy atom. The molecule has 0 aliphatic carbocycles. The van der Waals surface area contributed by atoms with Crippen molar-refractivity contribution in [1.29, 1.82) is 0 Å². The number of nitrogens with zero attached hydrogens (tertiary/aromatic N) is 1. The molecule has 6 heteroatoms. The second-order valence-corrected chi connectivity index (χ2v) is 5.70. The van der Waals surface area contributed by atoms with E-state index >= 15 is 0 Å². The monoisotopic (exact) mass is 310 g/mol. The lowest BCUT2D eigenvalue weighted by atomic mass is 10.2. The average molecular weight is 310 g/mol. The number of hydrogen-bond acceptors (Lipinski definition) is 5. The van der Waals surface area contributed by atoms with Crippen molar-refractivity contribution in [3.05, 3.63) is 29.8 Å². The van der Waals surface area contributed by atoms with Gasteiger partial charge in [0.25, 0.3) is 0 Å². The van der Waals surface area contributed by atoms with Crippen molar-refractivity contribution in [2.75, 3.05) is 33.4 Å². The molecular formula is C15H22N2O3S. The molecule has 3 N–H and O–H groups in total. The van der Waals surface area contributed by atoms with E-state index in [0.717, 1.165) is 25.1 Å². The molecule has 1 saturated heterocycles. The molecule has 0 bridgehead atoms. The third-order valence-corrected chi connectivity index (χ3v) is 3.85. The molecule has 2 atom stereocenters. The van der Waals surface area contributed by atoms with Crippen LogP contribution in [0.25, 0.3) is 0 Å². The first-order valence-electron chi connectivity index (χ1n) is 7.04. The van der Waals surface area contributed by atoms with Gasteiger partial charge in [-0.15, -0.1) is 0 Å². The highest BCUT2D eigenvalue weighted by Gasteiger charge is 2.23. The molecule has 1 aliphatic rings. The fourth-order valence-corrected chi connectivity index (χ4v) is 2.55. The van der Waals surface area contributed by atoms with E-state index < -0.39 is 6.10 Å². The molecule has 2 rings (SSSR count). The van der Waals surface area contributed by atoms with Crippen LogP contribution < -0.4 is 10.5 Å². The molecule has 0 saturated carbocycles. The predicted molar refractivity (Wildman–Crippen MR) is 85.7 cm³/mol. The van der Waals surface area contributed by atoms with Crippen LogP contribution in [-0.4, -0.2) is 60.6 Å². The molecule has 1 heterocycles. The van der Waals surface area contributed by atoms with E-state index in [9.17, 15) is 5.11 Å². The van der Waals surface area contributed by atoms with Crippen LogP contribution in [0.1, 0.15) is 12.0 Å². The van der Waals surface area contributed by atoms with Crippen molar-refractivity contribution in [2.24, 2.45) is 5.73 Å². The molecule has 116 valence electrons. The van der Waals surface area contributed by atoms with Crippen molar-refractivity contribution in [3.63, 3.8) is 0 Å². The van der Waals surface area contributed by atoms with Crippen LogP contribution >= 0.6 is 12.2 Å². The number of likely N-dealkylation sites (tertiary alicyclic amines) is 1. The van der Waals surface area contributed by atoms with Crippen LogP contribution in [0.3, 0.4) is 0 Å². The summed E-state index contributed by atoms with van der Waals surface area (Å²) in [4.78, 5) is 2.56. The summed E-state index contributed by atoms with van der Waals surface area (Å²) in [5.74, 6) is 0.699. The summed E-state index contributed by atoms with van der Waals surface area (Å²) in [5.41, 5.74) is 6.34. The van der Waals surface area contributed by atoms with Crippen LogP contribution in [0.15, 0.2) is 24.3 Å². The highest BCUT2D eigenvalue weighted by atomic mass is 32.1. The fraction of sp³-hybridized carbons (Fsp3) is 0.533. The van der Waals surface area contributed by atoms with E-state index in [4.69, 9.17) is 27.4 Å². The van der Waals surface area contributed by atoms with Gasteiger partial charge in [-0.2, -0.15) is 0 Å². The Hall–Kier alpha value is -1.21. The van der Waals surface area contributed by atoms with Crippen molar-refractivity contribution in [1.82, 2.24) is 4.90 Å². The van der Waals surface area contributed by atoms with Gasteiger partial charge < -0.3 is 20.3 Å². The Morgan fingerprint density at radius 1 is 1.48 bits per heavy atom. The molecule has 1 aromatic rings. The van der Waals surface area contributed by atoms with E-state index in [1.807, 2.05) is 12.1 Å². The summed E-state index contributed by atoms with van der Waals surface area (Å²) in [7, 11) is 1.73. The zero-order valence-corrected chi connectivity index (χ0v) is 13.0. The van der Waals surface area contributed by atoms with Gasteiger partial charge in [0.15, 0.2) is 0 Å². The second kappa shape index (κ2) is 7.70. The lowest BCUT2D eigenvalue weighted by Gasteiger charge is -2.20. The number of thiocarbonyl (C=S) groups is 1. The van der Waals surface area contributed by atoms with Gasteiger partial charge in [0.2, 0.25) is 0 Å². The lowest BCUT2D eigenvalue weighted by Crippen LogP contribution is -2.34. The molecule has 0 spiro atoms. The molecular weight excluding hydrogens is 288 g/mol. The second-order valence-electron chi connectivity index (χ2n) is 5.26. The summed E-state index contributed by atoms with van der Waals surface area (Å²) in [6.07, 6.45) is 0.784. The minimum atomic E-state index is -0.518. The molecule has 0 amide bonds. The highest BCUT2D eigenvalue weighted by Crippen LogP contribution is 2.14. The van der Waals surface area contributed by atoms with Gasteiger partial charge in [-0.3, -0.25) is 4.90 Å². The molecule has 1 fully saturated rings. The van der Waals surface area contributed by atoms with Gasteiger partial charge in [0.05, 0.1) is 6.10 Å². The zero-order valence-electron chi connectivity index (χ0n) is 12.2. The van der Waals surface area contributed by atoms with Gasteiger partial charge >= 0.3 is 0 Å². The standard InChI is InChI=1S/C15H22N2O3S/c1-19-14-6-7-17(9-14)8-12(18)10-20-13-4-2-11(3-5-13)15(16)21/h2-5,12,14,18H,6-10H2,1H3,(H2,16,21). The summed E-state index contributed by atoms with van der Waals surface area (Å²) >= 11 is 4.89. The van der Waals surface area contributed by atoms with Crippen LogP contribution in [0.2, 0.25) is 0 Å². The summed E-state index contributed by atoms with van der Waals surface area (Å²) in [6, 6.07) is 7.23. The number of β-amino-alcohol motifs (C(OH)–C–C–N with tert-alkyl or cyclic N) is 1. The number of nitrogens with two attached hydrogens (primary N) is 1. The van der Waals surface area contributed by atoms with E-state index in [2.05, 4.69) is 4.90 Å². The number of methoxy groups -OCH3 is 1. The maximum atomic E-state index is 10.0. The number of aliphatic hydroxyl groups is 1. The molecule has 21 heavy (non-hydrogen) atoms. The Kier molecular flexibility index (Phi) is 5.93. The summed E-state index contributed by atoms with van der Waals surface area (Å²) in [6.45, 7) is 2.69. The predicted octanol–water partition coefficient (Wildman–Crippen LogP) is 0.781. The maximum absolute atomic E-state index is 10.0. The van der Waals surface area contributed by atoms with E-state index in [1.165, 1.54) is 0 Å². The number of aliphatic hydroxyl groups excluding tert-OH is 1. The van der Waals surface area contributed by atoms with Crippen LogP contribution in [0.5, 0.6) is 5.75 Å². The smallest absolute Gasteiger partial charge is 0.119 e. The number of hydrogen-bond donors (Lipinski definition) is 2. The number of ether oxygens (including phenoxy) is 2. The Morgan fingerprint density at radius 3 is 2.76 bits per heavy atom. The molecule has 1 aromatic carbocycles.